The third-order valence-corrected chi connectivity index (χ3v) is 3.95. The molecule has 2 fully saturated rings. The molecule has 4 nitrogen and oxygen atoms in total. The van der Waals surface area contributed by atoms with E-state index in [0.717, 1.165) is 12.8 Å². The van der Waals surface area contributed by atoms with Gasteiger partial charge in [-0.05, 0) is 26.2 Å². The molecule has 0 aromatic rings. The fourth-order valence-electron chi connectivity index (χ4n) is 3.08. The van der Waals surface area contributed by atoms with E-state index in [9.17, 15) is 9.59 Å². The fraction of sp³-hybridized carbons (Fsp3) is 0.833. The van der Waals surface area contributed by atoms with Crippen LogP contribution in [-0.4, -0.2) is 34.8 Å². The number of amides is 2. The molecule has 90 valence electrons. The van der Waals surface area contributed by atoms with Gasteiger partial charge in [-0.15, -0.1) is 0 Å². The third kappa shape index (κ3) is 1.70. The van der Waals surface area contributed by atoms with Crippen LogP contribution in [0.2, 0.25) is 0 Å². The highest BCUT2D eigenvalue weighted by molar-refractivity contribution is 5.95. The topological polar surface area (TPSA) is 49.4 Å². The summed E-state index contributed by atoms with van der Waals surface area (Å²) in [4.78, 5) is 25.6. The summed E-state index contributed by atoms with van der Waals surface area (Å²) in [6.07, 6.45) is 5.09. The Morgan fingerprint density at radius 3 is 2.56 bits per heavy atom. The van der Waals surface area contributed by atoms with E-state index in [1.807, 2.05) is 11.8 Å². The summed E-state index contributed by atoms with van der Waals surface area (Å²) in [5.74, 6) is 0.0890. The predicted molar refractivity (Wildman–Crippen MR) is 60.8 cm³/mol. The predicted octanol–water partition coefficient (Wildman–Crippen LogP) is 1.06. The van der Waals surface area contributed by atoms with E-state index in [2.05, 4.69) is 12.2 Å². The average molecular weight is 224 g/mol. The fourth-order valence-corrected chi connectivity index (χ4v) is 3.08. The minimum atomic E-state index is -0.260. The van der Waals surface area contributed by atoms with E-state index in [1.54, 1.807) is 0 Å². The van der Waals surface area contributed by atoms with Gasteiger partial charge in [-0.2, -0.15) is 0 Å². The number of hydrogen-bond donors (Lipinski definition) is 1. The molecule has 1 aliphatic carbocycles. The van der Waals surface area contributed by atoms with Crippen molar-refractivity contribution in [2.45, 2.75) is 57.5 Å². The molecule has 16 heavy (non-hydrogen) atoms. The molecule has 2 aliphatic rings. The zero-order valence-corrected chi connectivity index (χ0v) is 10.1. The molecular formula is C12H20N2O2. The van der Waals surface area contributed by atoms with E-state index in [-0.39, 0.29) is 29.9 Å². The number of nitrogens with one attached hydrogen (secondary N) is 1. The van der Waals surface area contributed by atoms with Gasteiger partial charge in [-0.25, -0.2) is 0 Å². The van der Waals surface area contributed by atoms with Crippen LogP contribution < -0.4 is 5.32 Å². The Bertz CT molecular complexity index is 308. The van der Waals surface area contributed by atoms with Gasteiger partial charge in [0.1, 0.15) is 6.04 Å². The van der Waals surface area contributed by atoms with Crippen LogP contribution in [0.15, 0.2) is 0 Å². The highest BCUT2D eigenvalue weighted by Crippen LogP contribution is 2.37. The monoisotopic (exact) mass is 224 g/mol. The summed E-state index contributed by atoms with van der Waals surface area (Å²) in [5.41, 5.74) is -0.0878. The van der Waals surface area contributed by atoms with Crippen LogP contribution in [0.3, 0.4) is 0 Å². The van der Waals surface area contributed by atoms with Crippen molar-refractivity contribution in [1.82, 2.24) is 10.2 Å². The van der Waals surface area contributed by atoms with Gasteiger partial charge in [0, 0.05) is 5.54 Å². The van der Waals surface area contributed by atoms with Crippen LogP contribution in [0.1, 0.15) is 46.0 Å². The molecule has 1 atom stereocenters. The summed E-state index contributed by atoms with van der Waals surface area (Å²) in [5, 5.41) is 2.67. The van der Waals surface area contributed by atoms with Crippen molar-refractivity contribution >= 4 is 11.8 Å². The molecule has 1 saturated heterocycles. The Labute approximate surface area is 96.4 Å². The average Bonchev–Trinajstić information content (AvgIpc) is 2.69. The van der Waals surface area contributed by atoms with E-state index >= 15 is 0 Å². The normalized spacial score (nSPS) is 29.4. The second-order valence-corrected chi connectivity index (χ2v) is 5.11. The lowest BCUT2D eigenvalue weighted by molar-refractivity contribution is -0.152. The molecule has 0 radical (unpaired) electrons. The van der Waals surface area contributed by atoms with Crippen LogP contribution in [0.5, 0.6) is 0 Å². The summed E-state index contributed by atoms with van der Waals surface area (Å²) in [7, 11) is 0. The first kappa shape index (κ1) is 11.4. The molecule has 0 aromatic heterocycles. The lowest BCUT2D eigenvalue weighted by atomic mass is 9.93. The Morgan fingerprint density at radius 2 is 2.00 bits per heavy atom. The standard InChI is InChI=1S/C12H20N2O2/c1-3-9-11(16)13-8-10(15)14(9)12(2)6-4-5-7-12/h9H,3-8H2,1-2H3,(H,13,16). The van der Waals surface area contributed by atoms with Crippen LogP contribution in [-0.2, 0) is 9.59 Å². The number of rotatable bonds is 2. The zero-order valence-electron chi connectivity index (χ0n) is 10.1. The maximum atomic E-state index is 12.0. The zero-order chi connectivity index (χ0) is 11.8. The largest absolute Gasteiger partial charge is 0.345 e. The van der Waals surface area contributed by atoms with Crippen molar-refractivity contribution in [2.75, 3.05) is 6.54 Å². The lowest BCUT2D eigenvalue weighted by Gasteiger charge is -2.45. The smallest absolute Gasteiger partial charge is 0.243 e. The van der Waals surface area contributed by atoms with Crippen LogP contribution >= 0.6 is 0 Å². The van der Waals surface area contributed by atoms with Gasteiger partial charge in [0.25, 0.3) is 0 Å². The van der Waals surface area contributed by atoms with E-state index in [1.165, 1.54) is 12.8 Å². The molecule has 0 spiro atoms. The van der Waals surface area contributed by atoms with E-state index in [0.29, 0.717) is 6.42 Å². The molecule has 1 saturated carbocycles. The SMILES string of the molecule is CCC1C(=O)NCC(=O)N1C1(C)CCCC1. The minimum absolute atomic E-state index is 0.00947. The van der Waals surface area contributed by atoms with Crippen molar-refractivity contribution in [3.05, 3.63) is 0 Å². The third-order valence-electron chi connectivity index (χ3n) is 3.95. The molecule has 0 bridgehead atoms. The van der Waals surface area contributed by atoms with E-state index < -0.39 is 0 Å². The highest BCUT2D eigenvalue weighted by atomic mass is 16.2. The van der Waals surface area contributed by atoms with Crippen molar-refractivity contribution < 1.29 is 9.59 Å². The molecule has 1 heterocycles. The first-order chi connectivity index (χ1) is 7.58. The van der Waals surface area contributed by atoms with E-state index in [4.69, 9.17) is 0 Å². The molecule has 2 amide bonds. The van der Waals surface area contributed by atoms with Gasteiger partial charge in [0.2, 0.25) is 11.8 Å². The number of piperazine rings is 1. The molecule has 1 unspecified atom stereocenters. The summed E-state index contributed by atoms with van der Waals surface area (Å²) >= 11 is 0. The summed E-state index contributed by atoms with van der Waals surface area (Å²) in [6, 6.07) is -0.260. The molecule has 0 aromatic carbocycles. The van der Waals surface area contributed by atoms with Crippen LogP contribution in [0, 0.1) is 0 Å². The second kappa shape index (κ2) is 4.07. The number of carbonyl (C=O) groups is 2. The quantitative estimate of drug-likeness (QED) is 0.762. The van der Waals surface area contributed by atoms with Crippen LogP contribution in [0.4, 0.5) is 0 Å². The van der Waals surface area contributed by atoms with Crippen LogP contribution in [0.25, 0.3) is 0 Å². The van der Waals surface area contributed by atoms with Crippen molar-refractivity contribution in [3.8, 4) is 0 Å². The summed E-state index contributed by atoms with van der Waals surface area (Å²) in [6.45, 7) is 4.26. The number of nitrogens with zero attached hydrogens (tertiary/aromatic N) is 1. The number of carbonyl (C=O) groups excluding carboxylic acids is 2. The molecule has 2 rings (SSSR count). The van der Waals surface area contributed by atoms with Gasteiger partial charge in [0.05, 0.1) is 6.54 Å². The first-order valence-corrected chi connectivity index (χ1v) is 6.18. The van der Waals surface area contributed by atoms with Gasteiger partial charge in [-0.1, -0.05) is 19.8 Å². The molecular weight excluding hydrogens is 204 g/mol. The Kier molecular flexibility index (Phi) is 2.91. The van der Waals surface area contributed by atoms with Gasteiger partial charge in [0.15, 0.2) is 0 Å². The van der Waals surface area contributed by atoms with Gasteiger partial charge < -0.3 is 10.2 Å². The first-order valence-electron chi connectivity index (χ1n) is 6.18. The highest BCUT2D eigenvalue weighted by Gasteiger charge is 2.45. The molecule has 1 aliphatic heterocycles. The maximum Gasteiger partial charge on any atom is 0.243 e. The maximum absolute atomic E-state index is 12.0. The molecule has 4 heteroatoms. The lowest BCUT2D eigenvalue weighted by Crippen LogP contribution is -2.64. The molecule has 1 N–H and O–H groups in total. The van der Waals surface area contributed by atoms with Crippen molar-refractivity contribution in [2.24, 2.45) is 0 Å². The second-order valence-electron chi connectivity index (χ2n) is 5.11. The van der Waals surface area contributed by atoms with Gasteiger partial charge >= 0.3 is 0 Å². The number of hydrogen-bond acceptors (Lipinski definition) is 2. The Hall–Kier alpha value is -1.06. The Morgan fingerprint density at radius 1 is 1.38 bits per heavy atom. The van der Waals surface area contributed by atoms with Gasteiger partial charge in [-0.3, -0.25) is 9.59 Å². The van der Waals surface area contributed by atoms with Crippen molar-refractivity contribution in [3.63, 3.8) is 0 Å². The Balaban J connectivity index is 2.26. The minimum Gasteiger partial charge on any atom is -0.345 e. The van der Waals surface area contributed by atoms with Crippen molar-refractivity contribution in [1.29, 1.82) is 0 Å². The summed E-state index contributed by atoms with van der Waals surface area (Å²) < 4.78 is 0.